The summed E-state index contributed by atoms with van der Waals surface area (Å²) < 4.78 is 2.63. The fourth-order valence-corrected chi connectivity index (χ4v) is 9.29. The number of nitrogens with zero attached hydrogens (tertiary/aromatic N) is 3. The molecule has 4 heteroatoms. The summed E-state index contributed by atoms with van der Waals surface area (Å²) in [6.07, 6.45) is 3.69. The molecular weight excluding hydrogens is 639 g/mol. The van der Waals surface area contributed by atoms with Crippen LogP contribution in [0.1, 0.15) is 0 Å². The third-order valence-corrected chi connectivity index (χ3v) is 11.6. The van der Waals surface area contributed by atoms with E-state index in [1.807, 2.05) is 35.9 Å². The second kappa shape index (κ2) is 11.0. The zero-order valence-electron chi connectivity index (χ0n) is 27.3. The quantitative estimate of drug-likeness (QED) is 0.176. The van der Waals surface area contributed by atoms with E-state index in [-0.39, 0.29) is 0 Å². The Balaban J connectivity index is 1.07. The van der Waals surface area contributed by atoms with Crippen LogP contribution in [-0.4, -0.2) is 15.0 Å². The highest BCUT2D eigenvalue weighted by Gasteiger charge is 2.18. The molecule has 3 nitrogen and oxygen atoms in total. The van der Waals surface area contributed by atoms with Gasteiger partial charge in [0.1, 0.15) is 0 Å². The van der Waals surface area contributed by atoms with Crippen LogP contribution in [0, 0.1) is 0 Å². The van der Waals surface area contributed by atoms with Crippen molar-refractivity contribution in [1.82, 2.24) is 15.0 Å². The average molecular weight is 666 g/mol. The van der Waals surface area contributed by atoms with Crippen molar-refractivity contribution in [2.75, 3.05) is 0 Å². The first-order chi connectivity index (χ1) is 25.3. The van der Waals surface area contributed by atoms with Gasteiger partial charge < -0.3 is 0 Å². The number of fused-ring (bicyclic) bond motifs is 11. The number of hydrogen-bond acceptors (Lipinski definition) is 4. The monoisotopic (exact) mass is 665 g/mol. The maximum Gasteiger partial charge on any atom is 0.0970 e. The molecule has 236 valence electrons. The van der Waals surface area contributed by atoms with Crippen LogP contribution < -0.4 is 0 Å². The molecule has 0 radical (unpaired) electrons. The SMILES string of the molecule is c1cnc2c(c1)cc(-c1ccc(-c3ccc(-c4nc5ccccc5c5c4ccc4c6ccccc6sc45)cc3)c3ccccc13)c1cccnc12. The van der Waals surface area contributed by atoms with Gasteiger partial charge in [-0.2, -0.15) is 0 Å². The van der Waals surface area contributed by atoms with Crippen molar-refractivity contribution in [3.8, 4) is 33.5 Å². The molecule has 0 N–H and O–H groups in total. The van der Waals surface area contributed by atoms with Gasteiger partial charge in [0.15, 0.2) is 0 Å². The largest absolute Gasteiger partial charge is 0.254 e. The topological polar surface area (TPSA) is 38.7 Å². The van der Waals surface area contributed by atoms with Gasteiger partial charge in [0, 0.05) is 65.1 Å². The van der Waals surface area contributed by atoms with Crippen molar-refractivity contribution < 1.29 is 0 Å². The normalized spacial score (nSPS) is 11.9. The Morgan fingerprint density at radius 3 is 1.92 bits per heavy atom. The van der Waals surface area contributed by atoms with Crippen molar-refractivity contribution in [3.63, 3.8) is 0 Å². The van der Waals surface area contributed by atoms with Crippen LogP contribution in [0.3, 0.4) is 0 Å². The molecule has 0 saturated heterocycles. The van der Waals surface area contributed by atoms with E-state index in [9.17, 15) is 0 Å². The van der Waals surface area contributed by atoms with Crippen LogP contribution in [0.25, 0.3) is 108 Å². The highest BCUT2D eigenvalue weighted by atomic mass is 32.1. The summed E-state index contributed by atoms with van der Waals surface area (Å²) in [5, 5.41) is 10.9. The zero-order valence-corrected chi connectivity index (χ0v) is 28.2. The van der Waals surface area contributed by atoms with Gasteiger partial charge in [-0.15, -0.1) is 11.3 Å². The summed E-state index contributed by atoms with van der Waals surface area (Å²) in [6, 6.07) is 54.6. The van der Waals surface area contributed by atoms with Crippen LogP contribution >= 0.6 is 11.3 Å². The Morgan fingerprint density at radius 1 is 0.412 bits per heavy atom. The molecule has 0 saturated carbocycles. The van der Waals surface area contributed by atoms with Gasteiger partial charge in [0.2, 0.25) is 0 Å². The van der Waals surface area contributed by atoms with Crippen molar-refractivity contribution >= 4 is 85.8 Å². The molecule has 0 spiro atoms. The zero-order chi connectivity index (χ0) is 33.5. The minimum absolute atomic E-state index is 0.928. The summed E-state index contributed by atoms with van der Waals surface area (Å²) in [5.41, 5.74) is 9.73. The lowest BCUT2D eigenvalue weighted by Crippen LogP contribution is -1.91. The van der Waals surface area contributed by atoms with Crippen LogP contribution in [-0.2, 0) is 0 Å². The molecule has 7 aromatic carbocycles. The molecular formula is C47H27N3S. The van der Waals surface area contributed by atoms with E-state index in [1.165, 1.54) is 69.4 Å². The second-order valence-corrected chi connectivity index (χ2v) is 14.2. The molecule has 0 amide bonds. The first kappa shape index (κ1) is 28.4. The number of benzene rings is 7. The van der Waals surface area contributed by atoms with E-state index in [2.05, 4.69) is 145 Å². The maximum atomic E-state index is 5.27. The van der Waals surface area contributed by atoms with E-state index in [0.717, 1.165) is 38.6 Å². The molecule has 4 heterocycles. The molecule has 0 aliphatic heterocycles. The molecule has 51 heavy (non-hydrogen) atoms. The summed E-state index contributed by atoms with van der Waals surface area (Å²) in [6.45, 7) is 0. The molecule has 0 aliphatic carbocycles. The summed E-state index contributed by atoms with van der Waals surface area (Å²) in [4.78, 5) is 14.7. The van der Waals surface area contributed by atoms with E-state index in [1.54, 1.807) is 0 Å². The third kappa shape index (κ3) is 4.27. The lowest BCUT2D eigenvalue weighted by molar-refractivity contribution is 1.37. The molecule has 0 unspecified atom stereocenters. The van der Waals surface area contributed by atoms with Gasteiger partial charge in [-0.3, -0.25) is 9.97 Å². The minimum atomic E-state index is 0.928. The van der Waals surface area contributed by atoms with Gasteiger partial charge in [0.05, 0.1) is 22.2 Å². The first-order valence-electron chi connectivity index (χ1n) is 17.2. The highest BCUT2D eigenvalue weighted by molar-refractivity contribution is 7.26. The predicted octanol–water partition coefficient (Wildman–Crippen LogP) is 13.0. The fourth-order valence-electron chi connectivity index (χ4n) is 8.03. The maximum absolute atomic E-state index is 5.27. The number of thiophene rings is 1. The van der Waals surface area contributed by atoms with E-state index in [4.69, 9.17) is 9.97 Å². The smallest absolute Gasteiger partial charge is 0.0970 e. The van der Waals surface area contributed by atoms with Gasteiger partial charge >= 0.3 is 0 Å². The number of para-hydroxylation sites is 1. The standard InChI is InChI=1S/C47H27N3S/c1-2-11-33-32(10-1)31(21-22-34(33)40-27-30-9-7-25-48-45(30)46-36(40)14-8-26-49-46)28-17-19-29(20-18-28)44-39-24-23-37-35-12-4-6-16-42(35)51-47(37)43(39)38-13-3-5-15-41(38)50-44/h1-27H. The van der Waals surface area contributed by atoms with E-state index < -0.39 is 0 Å². The Bertz CT molecular complexity index is 3200. The number of aromatic nitrogens is 3. The molecule has 11 rings (SSSR count). The van der Waals surface area contributed by atoms with Crippen molar-refractivity contribution in [3.05, 3.63) is 164 Å². The fraction of sp³-hybridized carbons (Fsp3) is 0. The van der Waals surface area contributed by atoms with Gasteiger partial charge in [0.25, 0.3) is 0 Å². The van der Waals surface area contributed by atoms with Crippen molar-refractivity contribution in [2.45, 2.75) is 0 Å². The lowest BCUT2D eigenvalue weighted by atomic mass is 9.89. The summed E-state index contributed by atoms with van der Waals surface area (Å²) >= 11 is 1.88. The number of pyridine rings is 3. The lowest BCUT2D eigenvalue weighted by Gasteiger charge is -2.15. The first-order valence-corrected chi connectivity index (χ1v) is 18.0. The molecule has 0 aliphatic rings. The highest BCUT2D eigenvalue weighted by Crippen LogP contribution is 2.44. The van der Waals surface area contributed by atoms with Crippen molar-refractivity contribution in [1.29, 1.82) is 0 Å². The Hall–Kier alpha value is -6.49. The third-order valence-electron chi connectivity index (χ3n) is 10.4. The second-order valence-electron chi connectivity index (χ2n) is 13.1. The number of hydrogen-bond donors (Lipinski definition) is 0. The Labute approximate surface area is 297 Å². The van der Waals surface area contributed by atoms with Crippen LogP contribution in [0.2, 0.25) is 0 Å². The predicted molar refractivity (Wildman–Crippen MR) is 217 cm³/mol. The average Bonchev–Trinajstić information content (AvgIpc) is 3.59. The molecule has 11 aromatic rings. The Kier molecular flexibility index (Phi) is 6.12. The van der Waals surface area contributed by atoms with Crippen LogP contribution in [0.5, 0.6) is 0 Å². The minimum Gasteiger partial charge on any atom is -0.254 e. The van der Waals surface area contributed by atoms with Gasteiger partial charge in [-0.25, -0.2) is 4.98 Å². The molecule has 0 atom stereocenters. The Morgan fingerprint density at radius 2 is 1.06 bits per heavy atom. The van der Waals surface area contributed by atoms with E-state index in [0.29, 0.717) is 0 Å². The van der Waals surface area contributed by atoms with E-state index >= 15 is 0 Å². The molecule has 4 aromatic heterocycles. The molecule has 0 bridgehead atoms. The van der Waals surface area contributed by atoms with Crippen LogP contribution in [0.4, 0.5) is 0 Å². The summed E-state index contributed by atoms with van der Waals surface area (Å²) in [5.74, 6) is 0. The van der Waals surface area contributed by atoms with Gasteiger partial charge in [-0.1, -0.05) is 121 Å². The van der Waals surface area contributed by atoms with Crippen LogP contribution in [0.15, 0.2) is 164 Å². The van der Waals surface area contributed by atoms with Gasteiger partial charge in [-0.05, 0) is 63.4 Å². The number of rotatable bonds is 3. The molecule has 0 fully saturated rings. The van der Waals surface area contributed by atoms with Crippen molar-refractivity contribution in [2.24, 2.45) is 0 Å². The summed E-state index contributed by atoms with van der Waals surface area (Å²) in [7, 11) is 0.